The number of aromatic nitrogens is 2. The molecule has 2 heterocycles. The first-order valence-electron chi connectivity index (χ1n) is 9.10. The molecule has 29 heavy (non-hydrogen) atoms. The number of halogens is 3. The average Bonchev–Trinajstić information content (AvgIpc) is 3.20. The first-order valence-corrected chi connectivity index (χ1v) is 10.3. The molecule has 2 amide bonds. The van der Waals surface area contributed by atoms with Crippen LogP contribution in [0.3, 0.4) is 0 Å². The van der Waals surface area contributed by atoms with Crippen LogP contribution in [-0.2, 0) is 0 Å². The fraction of sp³-hybridized carbons (Fsp3) is 0.250. The molecule has 1 aliphatic heterocycles. The molecule has 0 bridgehead atoms. The summed E-state index contributed by atoms with van der Waals surface area (Å²) in [5.41, 5.74) is 0.937. The Labute approximate surface area is 175 Å². The zero-order valence-electron chi connectivity index (χ0n) is 15.2. The molecule has 0 radical (unpaired) electrons. The predicted octanol–water partition coefficient (Wildman–Crippen LogP) is 5.55. The summed E-state index contributed by atoms with van der Waals surface area (Å²) in [4.78, 5) is 14.2. The highest BCUT2D eigenvalue weighted by Crippen LogP contribution is 2.34. The van der Waals surface area contributed by atoms with Crippen LogP contribution in [0, 0.1) is 11.6 Å². The largest absolute Gasteiger partial charge is 0.324 e. The molecule has 0 aliphatic carbocycles. The number of piperidine rings is 1. The maximum atomic E-state index is 14.0. The third kappa shape index (κ3) is 4.54. The van der Waals surface area contributed by atoms with Crippen molar-refractivity contribution in [1.29, 1.82) is 0 Å². The first-order chi connectivity index (χ1) is 14.0. The number of hydrogen-bond acceptors (Lipinski definition) is 4. The minimum Gasteiger partial charge on any atom is -0.324 e. The van der Waals surface area contributed by atoms with Crippen LogP contribution in [0.25, 0.3) is 10.6 Å². The van der Waals surface area contributed by atoms with E-state index in [0.717, 1.165) is 23.9 Å². The average molecular weight is 435 g/mol. The van der Waals surface area contributed by atoms with Gasteiger partial charge in [-0.3, -0.25) is 0 Å². The van der Waals surface area contributed by atoms with Crippen molar-refractivity contribution >= 4 is 34.7 Å². The Morgan fingerprint density at radius 1 is 1.10 bits per heavy atom. The Bertz CT molecular complexity index is 1020. The summed E-state index contributed by atoms with van der Waals surface area (Å²) in [6.07, 6.45) is 1.49. The Morgan fingerprint density at radius 3 is 2.52 bits per heavy atom. The number of nitrogens with one attached hydrogen (secondary N) is 1. The van der Waals surface area contributed by atoms with Crippen molar-refractivity contribution in [3.05, 3.63) is 64.1 Å². The van der Waals surface area contributed by atoms with Crippen LogP contribution >= 0.6 is 22.9 Å². The minimum atomic E-state index is -0.651. The van der Waals surface area contributed by atoms with E-state index in [9.17, 15) is 13.6 Å². The van der Waals surface area contributed by atoms with E-state index < -0.39 is 11.6 Å². The van der Waals surface area contributed by atoms with Crippen LogP contribution in [-0.4, -0.2) is 34.2 Å². The van der Waals surface area contributed by atoms with E-state index in [-0.39, 0.29) is 17.5 Å². The number of anilines is 1. The zero-order chi connectivity index (χ0) is 20.4. The molecular formula is C20H17ClF2N4OS. The molecule has 1 saturated heterocycles. The SMILES string of the molecule is O=C(Nc1ccc(Cl)cc1)N1CCC(c2nnc(-c3ccc(F)cc3F)s2)CC1. The summed E-state index contributed by atoms with van der Waals surface area (Å²) in [7, 11) is 0. The first kappa shape index (κ1) is 19.7. The van der Waals surface area contributed by atoms with E-state index in [1.807, 2.05) is 0 Å². The Kier molecular flexibility index (Phi) is 5.73. The second kappa shape index (κ2) is 8.42. The number of urea groups is 1. The summed E-state index contributed by atoms with van der Waals surface area (Å²) < 4.78 is 27.1. The fourth-order valence-electron chi connectivity index (χ4n) is 3.24. The van der Waals surface area contributed by atoms with Crippen LogP contribution < -0.4 is 5.32 Å². The quantitative estimate of drug-likeness (QED) is 0.588. The van der Waals surface area contributed by atoms with Gasteiger partial charge in [0, 0.05) is 41.3 Å². The molecule has 9 heteroatoms. The van der Waals surface area contributed by atoms with Gasteiger partial charge in [0.2, 0.25) is 0 Å². The van der Waals surface area contributed by atoms with Gasteiger partial charge in [0.15, 0.2) is 5.01 Å². The molecule has 3 aromatic rings. The van der Waals surface area contributed by atoms with Gasteiger partial charge in [0.25, 0.3) is 0 Å². The van der Waals surface area contributed by atoms with Crippen LogP contribution in [0.5, 0.6) is 0 Å². The summed E-state index contributed by atoms with van der Waals surface area (Å²) in [6.45, 7) is 1.17. The molecule has 5 nitrogen and oxygen atoms in total. The number of rotatable bonds is 3. The lowest BCUT2D eigenvalue weighted by molar-refractivity contribution is 0.194. The van der Waals surface area contributed by atoms with E-state index in [4.69, 9.17) is 11.6 Å². The van der Waals surface area contributed by atoms with Gasteiger partial charge in [0.1, 0.15) is 16.6 Å². The fourth-order valence-corrected chi connectivity index (χ4v) is 4.40. The highest BCUT2D eigenvalue weighted by atomic mass is 35.5. The number of hydrogen-bond donors (Lipinski definition) is 1. The van der Waals surface area contributed by atoms with Crippen LogP contribution in [0.4, 0.5) is 19.3 Å². The van der Waals surface area contributed by atoms with Gasteiger partial charge in [0.05, 0.1) is 0 Å². The smallest absolute Gasteiger partial charge is 0.321 e. The number of carbonyl (C=O) groups excluding carboxylic acids is 1. The molecule has 2 aromatic carbocycles. The normalized spacial score (nSPS) is 14.8. The van der Waals surface area contributed by atoms with E-state index in [1.54, 1.807) is 29.2 Å². The van der Waals surface area contributed by atoms with Gasteiger partial charge >= 0.3 is 6.03 Å². The van der Waals surface area contributed by atoms with Crippen molar-refractivity contribution in [1.82, 2.24) is 15.1 Å². The highest BCUT2D eigenvalue weighted by Gasteiger charge is 2.26. The second-order valence-electron chi connectivity index (χ2n) is 6.77. The van der Waals surface area contributed by atoms with Crippen LogP contribution in [0.15, 0.2) is 42.5 Å². The van der Waals surface area contributed by atoms with Crippen molar-refractivity contribution in [2.75, 3.05) is 18.4 Å². The van der Waals surface area contributed by atoms with Gasteiger partial charge in [-0.25, -0.2) is 13.6 Å². The predicted molar refractivity (Wildman–Crippen MR) is 109 cm³/mol. The molecular weight excluding hydrogens is 418 g/mol. The lowest BCUT2D eigenvalue weighted by atomic mass is 9.98. The molecule has 0 unspecified atom stereocenters. The molecule has 1 N–H and O–H groups in total. The lowest BCUT2D eigenvalue weighted by Gasteiger charge is -2.31. The number of carbonyl (C=O) groups is 1. The van der Waals surface area contributed by atoms with Crippen molar-refractivity contribution in [2.45, 2.75) is 18.8 Å². The standard InChI is InChI=1S/C20H17ClF2N4OS/c21-13-1-4-15(5-2-13)24-20(28)27-9-7-12(8-10-27)18-25-26-19(29-18)16-6-3-14(22)11-17(16)23/h1-6,11-12H,7-10H2,(H,24,28). The Hall–Kier alpha value is -2.58. The van der Waals surface area contributed by atoms with Crippen molar-refractivity contribution in [2.24, 2.45) is 0 Å². The maximum absolute atomic E-state index is 14.0. The molecule has 4 rings (SSSR count). The summed E-state index contributed by atoms with van der Waals surface area (Å²) in [5, 5.41) is 13.0. The Morgan fingerprint density at radius 2 is 1.83 bits per heavy atom. The van der Waals surface area contributed by atoms with E-state index >= 15 is 0 Å². The Balaban J connectivity index is 1.36. The monoisotopic (exact) mass is 434 g/mol. The third-order valence-corrected chi connectivity index (χ3v) is 6.20. The number of nitrogens with zero attached hydrogens (tertiary/aromatic N) is 3. The van der Waals surface area contributed by atoms with E-state index in [0.29, 0.717) is 28.8 Å². The topological polar surface area (TPSA) is 58.1 Å². The van der Waals surface area contributed by atoms with Crippen molar-refractivity contribution in [3.8, 4) is 10.6 Å². The summed E-state index contributed by atoms with van der Waals surface area (Å²) >= 11 is 7.17. The number of likely N-dealkylation sites (tertiary alicyclic amines) is 1. The second-order valence-corrected chi connectivity index (χ2v) is 8.21. The van der Waals surface area contributed by atoms with Crippen molar-refractivity contribution in [3.63, 3.8) is 0 Å². The number of amides is 2. The van der Waals surface area contributed by atoms with Gasteiger partial charge in [-0.15, -0.1) is 10.2 Å². The maximum Gasteiger partial charge on any atom is 0.321 e. The van der Waals surface area contributed by atoms with Gasteiger partial charge < -0.3 is 10.2 Å². The minimum absolute atomic E-state index is 0.155. The zero-order valence-corrected chi connectivity index (χ0v) is 16.8. The molecule has 0 saturated carbocycles. The number of benzene rings is 2. The van der Waals surface area contributed by atoms with Gasteiger partial charge in [-0.2, -0.15) is 0 Å². The summed E-state index contributed by atoms with van der Waals surface area (Å²) in [6, 6.07) is 10.2. The molecule has 1 aromatic heterocycles. The molecule has 1 fully saturated rings. The van der Waals surface area contributed by atoms with Gasteiger partial charge in [-0.05, 0) is 49.2 Å². The lowest BCUT2D eigenvalue weighted by Crippen LogP contribution is -2.40. The van der Waals surface area contributed by atoms with E-state index in [2.05, 4.69) is 15.5 Å². The third-order valence-electron chi connectivity index (χ3n) is 4.83. The van der Waals surface area contributed by atoms with Crippen LogP contribution in [0.1, 0.15) is 23.8 Å². The summed E-state index contributed by atoms with van der Waals surface area (Å²) in [5.74, 6) is -1.12. The van der Waals surface area contributed by atoms with Gasteiger partial charge in [-0.1, -0.05) is 22.9 Å². The molecule has 1 aliphatic rings. The van der Waals surface area contributed by atoms with E-state index in [1.165, 1.54) is 23.5 Å². The molecule has 0 spiro atoms. The highest BCUT2D eigenvalue weighted by molar-refractivity contribution is 7.14. The van der Waals surface area contributed by atoms with Crippen LogP contribution in [0.2, 0.25) is 5.02 Å². The molecule has 0 atom stereocenters. The van der Waals surface area contributed by atoms with Crippen molar-refractivity contribution < 1.29 is 13.6 Å². The molecule has 150 valence electrons.